The minimum absolute atomic E-state index is 0.549. The minimum Gasteiger partial charge on any atom is -0.314 e. The van der Waals surface area contributed by atoms with E-state index in [1.54, 1.807) is 0 Å². The minimum atomic E-state index is 0.549. The van der Waals surface area contributed by atoms with Crippen molar-refractivity contribution in [1.29, 1.82) is 0 Å². The predicted molar refractivity (Wildman–Crippen MR) is 81.1 cm³/mol. The molecule has 108 valence electrons. The van der Waals surface area contributed by atoms with E-state index in [9.17, 15) is 0 Å². The van der Waals surface area contributed by atoms with E-state index in [1.807, 2.05) is 11.7 Å². The highest BCUT2D eigenvalue weighted by Crippen LogP contribution is 2.41. The first-order chi connectivity index (χ1) is 8.99. The molecule has 3 unspecified atom stereocenters. The average Bonchev–Trinajstić information content (AvgIpc) is 2.67. The van der Waals surface area contributed by atoms with Crippen LogP contribution < -0.4 is 5.32 Å². The molecule has 19 heavy (non-hydrogen) atoms. The normalized spacial score (nSPS) is 28.0. The number of aryl methyl sites for hydroxylation is 1. The van der Waals surface area contributed by atoms with Gasteiger partial charge in [0.25, 0.3) is 0 Å². The maximum atomic E-state index is 4.16. The van der Waals surface area contributed by atoms with Crippen LogP contribution in [0, 0.1) is 11.8 Å². The fourth-order valence-electron chi connectivity index (χ4n) is 3.14. The Morgan fingerprint density at radius 3 is 2.74 bits per heavy atom. The van der Waals surface area contributed by atoms with Crippen LogP contribution in [0.1, 0.15) is 51.6 Å². The number of nitrogens with one attached hydrogen (secondary N) is 1. The summed E-state index contributed by atoms with van der Waals surface area (Å²) in [5.41, 5.74) is 1.27. The second-order valence-electron chi connectivity index (χ2n) is 6.24. The van der Waals surface area contributed by atoms with Gasteiger partial charge in [-0.1, -0.05) is 32.4 Å². The molecule has 0 amide bonds. The molecule has 4 nitrogen and oxygen atoms in total. The van der Waals surface area contributed by atoms with Crippen LogP contribution in [-0.2, 0) is 7.05 Å². The summed E-state index contributed by atoms with van der Waals surface area (Å²) < 4.78 is 2.86. The van der Waals surface area contributed by atoms with Gasteiger partial charge in [0.2, 0.25) is 0 Å². The number of halogens is 1. The Bertz CT molecular complexity index is 396. The van der Waals surface area contributed by atoms with Gasteiger partial charge in [-0.25, -0.2) is 0 Å². The van der Waals surface area contributed by atoms with Gasteiger partial charge in [0.1, 0.15) is 0 Å². The van der Waals surface area contributed by atoms with Crippen molar-refractivity contribution in [3.05, 3.63) is 10.3 Å². The van der Waals surface area contributed by atoms with E-state index < -0.39 is 0 Å². The first-order valence-corrected chi connectivity index (χ1v) is 8.06. The summed E-state index contributed by atoms with van der Waals surface area (Å²) in [5.74, 6) is 2.04. The summed E-state index contributed by atoms with van der Waals surface area (Å²) in [5, 5.41) is 11.9. The maximum Gasteiger partial charge on any atom is 0.151 e. The fourth-order valence-corrected chi connectivity index (χ4v) is 3.76. The monoisotopic (exact) mass is 328 g/mol. The third kappa shape index (κ3) is 3.57. The van der Waals surface area contributed by atoms with Gasteiger partial charge in [-0.15, -0.1) is 5.10 Å². The summed E-state index contributed by atoms with van der Waals surface area (Å²) in [7, 11) is 2.00. The van der Waals surface area contributed by atoms with E-state index in [0.29, 0.717) is 17.9 Å². The van der Waals surface area contributed by atoms with Crippen molar-refractivity contribution >= 4 is 15.9 Å². The molecule has 0 aromatic carbocycles. The molecule has 0 aliphatic heterocycles. The van der Waals surface area contributed by atoms with Crippen LogP contribution in [0.15, 0.2) is 4.60 Å². The van der Waals surface area contributed by atoms with E-state index in [2.05, 4.69) is 52.3 Å². The summed E-state index contributed by atoms with van der Waals surface area (Å²) in [6, 6.07) is 0.549. The molecule has 0 saturated heterocycles. The van der Waals surface area contributed by atoms with Crippen LogP contribution in [0.25, 0.3) is 0 Å². The van der Waals surface area contributed by atoms with Crippen LogP contribution in [0.4, 0.5) is 0 Å². The molecule has 0 spiro atoms. The van der Waals surface area contributed by atoms with Crippen LogP contribution in [0.3, 0.4) is 0 Å². The van der Waals surface area contributed by atoms with Crippen molar-refractivity contribution in [3.63, 3.8) is 0 Å². The Labute approximate surface area is 124 Å². The highest BCUT2D eigenvalue weighted by Gasteiger charge is 2.33. The Morgan fingerprint density at radius 2 is 2.16 bits per heavy atom. The first kappa shape index (κ1) is 15.0. The molecule has 1 N–H and O–H groups in total. The van der Waals surface area contributed by atoms with E-state index >= 15 is 0 Å². The van der Waals surface area contributed by atoms with Crippen molar-refractivity contribution in [2.45, 2.75) is 52.0 Å². The topological polar surface area (TPSA) is 42.7 Å². The summed E-state index contributed by atoms with van der Waals surface area (Å²) >= 11 is 3.57. The Kier molecular flexibility index (Phi) is 5.01. The largest absolute Gasteiger partial charge is 0.314 e. The molecule has 1 saturated carbocycles. The van der Waals surface area contributed by atoms with Crippen molar-refractivity contribution in [1.82, 2.24) is 20.3 Å². The van der Waals surface area contributed by atoms with Gasteiger partial charge < -0.3 is 5.32 Å². The number of hydrogen-bond acceptors (Lipinski definition) is 3. The van der Waals surface area contributed by atoms with Gasteiger partial charge in [-0.05, 0) is 47.2 Å². The summed E-state index contributed by atoms with van der Waals surface area (Å²) in [6.45, 7) is 7.87. The van der Waals surface area contributed by atoms with Gasteiger partial charge >= 0.3 is 0 Å². The highest BCUT2D eigenvalue weighted by molar-refractivity contribution is 9.10. The van der Waals surface area contributed by atoms with Gasteiger partial charge in [-0.3, -0.25) is 4.68 Å². The lowest BCUT2D eigenvalue weighted by Crippen LogP contribution is -2.35. The number of rotatable bonds is 4. The zero-order valence-electron chi connectivity index (χ0n) is 12.4. The fraction of sp³-hybridized carbons (Fsp3) is 0.857. The maximum absolute atomic E-state index is 4.16. The van der Waals surface area contributed by atoms with Crippen LogP contribution >= 0.6 is 15.9 Å². The van der Waals surface area contributed by atoms with Gasteiger partial charge in [0, 0.05) is 19.0 Å². The second kappa shape index (κ2) is 6.35. The molecule has 1 fully saturated rings. The number of nitrogens with zero attached hydrogens (tertiary/aromatic N) is 3. The van der Waals surface area contributed by atoms with Crippen LogP contribution in [0.2, 0.25) is 0 Å². The van der Waals surface area contributed by atoms with E-state index in [1.165, 1.54) is 25.0 Å². The van der Waals surface area contributed by atoms with Crippen LogP contribution in [-0.4, -0.2) is 27.6 Å². The Hall–Kier alpha value is -0.420. The van der Waals surface area contributed by atoms with Crippen LogP contribution in [0.5, 0.6) is 0 Å². The van der Waals surface area contributed by atoms with E-state index in [-0.39, 0.29) is 0 Å². The van der Waals surface area contributed by atoms with Gasteiger partial charge in [0.15, 0.2) is 4.60 Å². The second-order valence-corrected chi connectivity index (χ2v) is 6.99. The quantitative estimate of drug-likeness (QED) is 0.923. The predicted octanol–water partition coefficient (Wildman–Crippen LogP) is 3.10. The lowest BCUT2D eigenvalue weighted by atomic mass is 9.73. The molecule has 1 heterocycles. The lowest BCUT2D eigenvalue weighted by molar-refractivity contribution is 0.230. The standard InChI is InChI=1S/C14H25BrN4/c1-9(2)16-8-11-6-5-10(3)7-12(11)13-14(15)17-18-19(13)4/h9-12,16H,5-8H2,1-4H3. The molecule has 0 bridgehead atoms. The third-order valence-corrected chi connectivity index (χ3v) is 4.79. The van der Waals surface area contributed by atoms with Crippen molar-refractivity contribution in [2.24, 2.45) is 18.9 Å². The van der Waals surface area contributed by atoms with Crippen molar-refractivity contribution in [3.8, 4) is 0 Å². The average molecular weight is 329 g/mol. The highest BCUT2D eigenvalue weighted by atomic mass is 79.9. The zero-order valence-corrected chi connectivity index (χ0v) is 13.9. The van der Waals surface area contributed by atoms with Crippen molar-refractivity contribution in [2.75, 3.05) is 6.54 Å². The smallest absolute Gasteiger partial charge is 0.151 e. The number of aromatic nitrogens is 3. The lowest BCUT2D eigenvalue weighted by Gasteiger charge is -2.35. The summed E-state index contributed by atoms with van der Waals surface area (Å²) in [4.78, 5) is 0. The number of hydrogen-bond donors (Lipinski definition) is 1. The zero-order chi connectivity index (χ0) is 14.0. The first-order valence-electron chi connectivity index (χ1n) is 7.27. The molecule has 1 aliphatic rings. The molecule has 1 aromatic rings. The van der Waals surface area contributed by atoms with E-state index in [0.717, 1.165) is 17.1 Å². The van der Waals surface area contributed by atoms with Gasteiger partial charge in [0.05, 0.1) is 5.69 Å². The molecular weight excluding hydrogens is 304 g/mol. The third-order valence-electron chi connectivity index (χ3n) is 4.22. The summed E-state index contributed by atoms with van der Waals surface area (Å²) in [6.07, 6.45) is 3.87. The van der Waals surface area contributed by atoms with Gasteiger partial charge in [-0.2, -0.15) is 0 Å². The Morgan fingerprint density at radius 1 is 1.42 bits per heavy atom. The molecule has 0 radical (unpaired) electrons. The molecule has 1 aliphatic carbocycles. The Balaban J connectivity index is 2.17. The van der Waals surface area contributed by atoms with E-state index in [4.69, 9.17) is 0 Å². The SMILES string of the molecule is CC1CCC(CNC(C)C)C(c2c(Br)nnn2C)C1. The van der Waals surface area contributed by atoms with Crippen molar-refractivity contribution < 1.29 is 0 Å². The molecular formula is C14H25BrN4. The molecule has 3 atom stereocenters. The molecule has 1 aromatic heterocycles. The molecule has 2 rings (SSSR count). The molecule has 5 heteroatoms.